The van der Waals surface area contributed by atoms with E-state index in [9.17, 15) is 9.59 Å². The lowest BCUT2D eigenvalue weighted by molar-refractivity contribution is -0.121. The second-order valence-corrected chi connectivity index (χ2v) is 4.09. The van der Waals surface area contributed by atoms with E-state index in [1.54, 1.807) is 0 Å². The van der Waals surface area contributed by atoms with Gasteiger partial charge in [0.1, 0.15) is 5.71 Å². The molecule has 0 bridgehead atoms. The molecule has 3 N–H and O–H groups in total. The Hall–Kier alpha value is -1.69. The number of rotatable bonds is 3. The van der Waals surface area contributed by atoms with Crippen LogP contribution in [0.1, 0.15) is 19.3 Å². The number of carbonyl (C=O) groups is 2. The van der Waals surface area contributed by atoms with Crippen LogP contribution in [0.25, 0.3) is 0 Å². The van der Waals surface area contributed by atoms with Crippen molar-refractivity contribution in [2.75, 3.05) is 19.6 Å². The van der Waals surface area contributed by atoms with Crippen LogP contribution < -0.4 is 16.1 Å². The molecule has 2 aliphatic rings. The molecule has 0 aromatic carbocycles. The maximum absolute atomic E-state index is 11.7. The van der Waals surface area contributed by atoms with Crippen molar-refractivity contribution in [2.24, 2.45) is 5.10 Å². The molecule has 0 saturated heterocycles. The SMILES string of the molecule is O=C1CCC(C(=O)NCC2=CCNCC2)=NN1. The van der Waals surface area contributed by atoms with Gasteiger partial charge in [-0.05, 0) is 13.0 Å². The largest absolute Gasteiger partial charge is 0.347 e. The first-order valence-electron chi connectivity index (χ1n) is 5.78. The predicted octanol–water partition coefficient (Wildman–Crippen LogP) is -0.712. The maximum atomic E-state index is 11.7. The Morgan fingerprint density at radius 1 is 1.41 bits per heavy atom. The van der Waals surface area contributed by atoms with E-state index in [4.69, 9.17) is 0 Å². The molecule has 0 aromatic heterocycles. The fourth-order valence-electron chi connectivity index (χ4n) is 1.76. The fraction of sp³-hybridized carbons (Fsp3) is 0.545. The summed E-state index contributed by atoms with van der Waals surface area (Å²) in [6.07, 6.45) is 3.80. The van der Waals surface area contributed by atoms with Gasteiger partial charge >= 0.3 is 0 Å². The van der Waals surface area contributed by atoms with Crippen LogP contribution in [-0.4, -0.2) is 37.2 Å². The van der Waals surface area contributed by atoms with Crippen molar-refractivity contribution < 1.29 is 9.59 Å². The Kier molecular flexibility index (Phi) is 3.87. The third-order valence-electron chi connectivity index (χ3n) is 2.80. The highest BCUT2D eigenvalue weighted by atomic mass is 16.2. The van der Waals surface area contributed by atoms with Crippen LogP contribution in [0.5, 0.6) is 0 Å². The van der Waals surface area contributed by atoms with E-state index in [-0.39, 0.29) is 11.8 Å². The van der Waals surface area contributed by atoms with Crippen molar-refractivity contribution in [2.45, 2.75) is 19.3 Å². The lowest BCUT2D eigenvalue weighted by atomic mass is 10.1. The van der Waals surface area contributed by atoms with Gasteiger partial charge in [-0.25, -0.2) is 5.43 Å². The van der Waals surface area contributed by atoms with Gasteiger partial charge < -0.3 is 10.6 Å². The van der Waals surface area contributed by atoms with E-state index < -0.39 is 0 Å². The average Bonchev–Trinajstić information content (AvgIpc) is 2.38. The molecule has 17 heavy (non-hydrogen) atoms. The zero-order valence-corrected chi connectivity index (χ0v) is 9.58. The minimum absolute atomic E-state index is 0.136. The van der Waals surface area contributed by atoms with Gasteiger partial charge in [0.25, 0.3) is 5.91 Å². The molecule has 0 unspecified atom stereocenters. The zero-order chi connectivity index (χ0) is 12.1. The summed E-state index contributed by atoms with van der Waals surface area (Å²) in [5.41, 5.74) is 3.95. The number of nitrogens with one attached hydrogen (secondary N) is 3. The van der Waals surface area contributed by atoms with Crippen LogP contribution in [0.4, 0.5) is 0 Å². The molecule has 92 valence electrons. The van der Waals surface area contributed by atoms with Crippen molar-refractivity contribution in [3.63, 3.8) is 0 Å². The van der Waals surface area contributed by atoms with Gasteiger partial charge in [-0.2, -0.15) is 5.10 Å². The number of carbonyl (C=O) groups excluding carboxylic acids is 2. The Balaban J connectivity index is 1.81. The Labute approximate surface area is 99.5 Å². The zero-order valence-electron chi connectivity index (χ0n) is 9.58. The summed E-state index contributed by atoms with van der Waals surface area (Å²) in [6.45, 7) is 2.38. The molecule has 2 rings (SSSR count). The molecule has 0 fully saturated rings. The van der Waals surface area contributed by atoms with Crippen LogP contribution in [0.15, 0.2) is 16.8 Å². The van der Waals surface area contributed by atoms with E-state index in [1.807, 2.05) is 0 Å². The molecule has 0 atom stereocenters. The molecular formula is C11H16N4O2. The topological polar surface area (TPSA) is 82.6 Å². The smallest absolute Gasteiger partial charge is 0.267 e. The van der Waals surface area contributed by atoms with Gasteiger partial charge in [-0.3, -0.25) is 9.59 Å². The standard InChI is InChI=1S/C11H16N4O2/c16-10-2-1-9(14-15-10)11(17)13-7-8-3-5-12-6-4-8/h3,12H,1-2,4-7H2,(H,13,17)(H,15,16). The van der Waals surface area contributed by atoms with Crippen molar-refractivity contribution in [1.82, 2.24) is 16.1 Å². The third-order valence-corrected chi connectivity index (χ3v) is 2.80. The molecule has 0 radical (unpaired) electrons. The molecule has 6 heteroatoms. The van der Waals surface area contributed by atoms with Crippen LogP contribution in [0.3, 0.4) is 0 Å². The molecule has 2 heterocycles. The summed E-state index contributed by atoms with van der Waals surface area (Å²) in [6, 6.07) is 0. The van der Waals surface area contributed by atoms with E-state index in [0.29, 0.717) is 25.1 Å². The lowest BCUT2D eigenvalue weighted by Crippen LogP contribution is -2.38. The van der Waals surface area contributed by atoms with Gasteiger partial charge in [0.05, 0.1) is 0 Å². The molecule has 0 saturated carbocycles. The van der Waals surface area contributed by atoms with Crippen LogP contribution >= 0.6 is 0 Å². The van der Waals surface area contributed by atoms with Crippen molar-refractivity contribution >= 4 is 17.5 Å². The second kappa shape index (κ2) is 5.58. The highest BCUT2D eigenvalue weighted by molar-refractivity contribution is 6.39. The predicted molar refractivity (Wildman–Crippen MR) is 63.4 cm³/mol. The van der Waals surface area contributed by atoms with Gasteiger partial charge in [0.2, 0.25) is 5.91 Å². The molecule has 0 spiro atoms. The summed E-state index contributed by atoms with van der Waals surface area (Å²) in [4.78, 5) is 22.6. The first-order chi connectivity index (χ1) is 8.25. The summed E-state index contributed by atoms with van der Waals surface area (Å²) in [5, 5.41) is 9.78. The van der Waals surface area contributed by atoms with Gasteiger partial charge in [0.15, 0.2) is 0 Å². The summed E-state index contributed by atoms with van der Waals surface area (Å²) in [7, 11) is 0. The number of hydrogen-bond donors (Lipinski definition) is 3. The second-order valence-electron chi connectivity index (χ2n) is 4.09. The van der Waals surface area contributed by atoms with E-state index in [0.717, 1.165) is 19.5 Å². The maximum Gasteiger partial charge on any atom is 0.267 e. The van der Waals surface area contributed by atoms with Gasteiger partial charge in [0, 0.05) is 25.9 Å². The number of hydrazone groups is 1. The van der Waals surface area contributed by atoms with Crippen LogP contribution in [-0.2, 0) is 9.59 Å². The number of amides is 2. The summed E-state index contributed by atoms with van der Waals surface area (Å²) < 4.78 is 0. The fourth-order valence-corrected chi connectivity index (χ4v) is 1.76. The Bertz CT molecular complexity index is 387. The normalized spacial score (nSPS) is 20.1. The van der Waals surface area contributed by atoms with Gasteiger partial charge in [-0.1, -0.05) is 11.6 Å². The van der Waals surface area contributed by atoms with Crippen molar-refractivity contribution in [3.8, 4) is 0 Å². The molecule has 6 nitrogen and oxygen atoms in total. The first kappa shape index (κ1) is 11.8. The molecular weight excluding hydrogens is 220 g/mol. The molecule has 2 aliphatic heterocycles. The van der Waals surface area contributed by atoms with Crippen molar-refractivity contribution in [1.29, 1.82) is 0 Å². The van der Waals surface area contributed by atoms with Crippen LogP contribution in [0.2, 0.25) is 0 Å². The Morgan fingerprint density at radius 3 is 2.94 bits per heavy atom. The summed E-state index contributed by atoms with van der Waals surface area (Å²) >= 11 is 0. The highest BCUT2D eigenvalue weighted by Gasteiger charge is 2.18. The summed E-state index contributed by atoms with van der Waals surface area (Å²) in [5.74, 6) is -0.327. The molecule has 2 amide bonds. The van der Waals surface area contributed by atoms with E-state index >= 15 is 0 Å². The lowest BCUT2D eigenvalue weighted by Gasteiger charge is -2.16. The third kappa shape index (κ3) is 3.39. The highest BCUT2D eigenvalue weighted by Crippen LogP contribution is 2.03. The Morgan fingerprint density at radius 2 is 2.29 bits per heavy atom. The minimum atomic E-state index is -0.190. The minimum Gasteiger partial charge on any atom is -0.347 e. The van der Waals surface area contributed by atoms with Crippen LogP contribution in [0, 0.1) is 0 Å². The van der Waals surface area contributed by atoms with E-state index in [2.05, 4.69) is 27.2 Å². The monoisotopic (exact) mass is 236 g/mol. The average molecular weight is 236 g/mol. The van der Waals surface area contributed by atoms with Gasteiger partial charge in [-0.15, -0.1) is 0 Å². The van der Waals surface area contributed by atoms with E-state index in [1.165, 1.54) is 5.57 Å². The number of hydrogen-bond acceptors (Lipinski definition) is 4. The number of nitrogens with zero attached hydrogens (tertiary/aromatic N) is 1. The quantitative estimate of drug-likeness (QED) is 0.566. The molecule has 0 aromatic rings. The first-order valence-corrected chi connectivity index (χ1v) is 5.78. The molecule has 0 aliphatic carbocycles. The van der Waals surface area contributed by atoms with Crippen molar-refractivity contribution in [3.05, 3.63) is 11.6 Å².